The summed E-state index contributed by atoms with van der Waals surface area (Å²) >= 11 is 0. The highest BCUT2D eigenvalue weighted by Gasteiger charge is 1.83. The van der Waals surface area contributed by atoms with Crippen LogP contribution < -0.4 is 5.73 Å². The molecule has 0 saturated carbocycles. The Balaban J connectivity index is 3.39. The molecule has 68 valence electrons. The van der Waals surface area contributed by atoms with Gasteiger partial charge in [0.1, 0.15) is 0 Å². The van der Waals surface area contributed by atoms with Crippen molar-refractivity contribution in [3.05, 3.63) is 0 Å². The van der Waals surface area contributed by atoms with E-state index in [2.05, 4.69) is 23.9 Å². The summed E-state index contributed by atoms with van der Waals surface area (Å²) in [4.78, 5) is 4.87. The second-order valence-corrected chi connectivity index (χ2v) is 2.41. The SMILES string of the molecule is CCCC#CCO/N=C(\C)CN. The molecule has 0 aliphatic heterocycles. The van der Waals surface area contributed by atoms with Gasteiger partial charge in [0, 0.05) is 13.0 Å². The predicted molar refractivity (Wildman–Crippen MR) is 50.8 cm³/mol. The van der Waals surface area contributed by atoms with Crippen LogP contribution in [0.15, 0.2) is 5.16 Å². The Morgan fingerprint density at radius 3 is 2.83 bits per heavy atom. The molecule has 12 heavy (non-hydrogen) atoms. The Morgan fingerprint density at radius 2 is 2.25 bits per heavy atom. The molecule has 0 saturated heterocycles. The largest absolute Gasteiger partial charge is 0.383 e. The third-order valence-corrected chi connectivity index (χ3v) is 1.15. The van der Waals surface area contributed by atoms with E-state index in [9.17, 15) is 0 Å². The second-order valence-electron chi connectivity index (χ2n) is 2.41. The molecule has 0 amide bonds. The zero-order chi connectivity index (χ0) is 9.23. The summed E-state index contributed by atoms with van der Waals surface area (Å²) in [5.74, 6) is 5.80. The van der Waals surface area contributed by atoms with E-state index in [0.717, 1.165) is 18.6 Å². The number of hydrogen-bond donors (Lipinski definition) is 1. The molecule has 0 fully saturated rings. The van der Waals surface area contributed by atoms with Gasteiger partial charge in [0.2, 0.25) is 0 Å². The van der Waals surface area contributed by atoms with Gasteiger partial charge in [0.25, 0.3) is 0 Å². The average molecular weight is 168 g/mol. The molecule has 0 heterocycles. The Hall–Kier alpha value is -1.01. The minimum absolute atomic E-state index is 0.358. The number of rotatable bonds is 4. The molecule has 0 aromatic heterocycles. The lowest BCUT2D eigenvalue weighted by Crippen LogP contribution is -2.09. The topological polar surface area (TPSA) is 47.6 Å². The summed E-state index contributed by atoms with van der Waals surface area (Å²) in [5, 5.41) is 3.73. The van der Waals surface area contributed by atoms with Crippen molar-refractivity contribution in [1.29, 1.82) is 0 Å². The quantitative estimate of drug-likeness (QED) is 0.296. The van der Waals surface area contributed by atoms with Crippen LogP contribution in [0.3, 0.4) is 0 Å². The monoisotopic (exact) mass is 168 g/mol. The van der Waals surface area contributed by atoms with Gasteiger partial charge in [-0.05, 0) is 13.3 Å². The molecule has 0 spiro atoms. The van der Waals surface area contributed by atoms with Crippen molar-refractivity contribution < 1.29 is 4.84 Å². The molecule has 3 nitrogen and oxygen atoms in total. The summed E-state index contributed by atoms with van der Waals surface area (Å²) in [6.45, 7) is 4.70. The average Bonchev–Trinajstić information content (AvgIpc) is 2.10. The lowest BCUT2D eigenvalue weighted by atomic mass is 10.3. The summed E-state index contributed by atoms with van der Waals surface area (Å²) in [6, 6.07) is 0. The van der Waals surface area contributed by atoms with Gasteiger partial charge < -0.3 is 10.6 Å². The molecule has 0 atom stereocenters. The van der Waals surface area contributed by atoms with Crippen LogP contribution >= 0.6 is 0 Å². The molecule has 0 radical (unpaired) electrons. The van der Waals surface area contributed by atoms with E-state index in [1.54, 1.807) is 0 Å². The van der Waals surface area contributed by atoms with Crippen LogP contribution in [0.5, 0.6) is 0 Å². The van der Waals surface area contributed by atoms with Crippen LogP contribution in [-0.2, 0) is 4.84 Å². The first-order valence-corrected chi connectivity index (χ1v) is 4.12. The molecule has 3 heteroatoms. The van der Waals surface area contributed by atoms with Crippen molar-refractivity contribution >= 4 is 5.71 Å². The minimum atomic E-state index is 0.358. The van der Waals surface area contributed by atoms with Gasteiger partial charge in [-0.15, -0.1) is 0 Å². The summed E-state index contributed by atoms with van der Waals surface area (Å²) in [6.07, 6.45) is 2.00. The predicted octanol–water partition coefficient (Wildman–Crippen LogP) is 1.14. The number of unbranched alkanes of at least 4 members (excludes halogenated alkanes) is 1. The molecular weight excluding hydrogens is 152 g/mol. The Labute approximate surface area is 74.0 Å². The molecule has 0 aliphatic rings. The fourth-order valence-corrected chi connectivity index (χ4v) is 0.476. The highest BCUT2D eigenvalue weighted by Crippen LogP contribution is 1.82. The van der Waals surface area contributed by atoms with Crippen LogP contribution in [0.2, 0.25) is 0 Å². The van der Waals surface area contributed by atoms with E-state index in [1.165, 1.54) is 0 Å². The number of oxime groups is 1. The maximum Gasteiger partial charge on any atom is 0.177 e. The number of nitrogens with zero attached hydrogens (tertiary/aromatic N) is 1. The summed E-state index contributed by atoms with van der Waals surface area (Å²) in [7, 11) is 0. The zero-order valence-corrected chi connectivity index (χ0v) is 7.76. The van der Waals surface area contributed by atoms with E-state index in [0.29, 0.717) is 13.2 Å². The molecular formula is C9H16N2O. The van der Waals surface area contributed by atoms with Crippen LogP contribution in [0.25, 0.3) is 0 Å². The maximum atomic E-state index is 5.29. The highest BCUT2D eigenvalue weighted by atomic mass is 16.6. The van der Waals surface area contributed by atoms with Crippen molar-refractivity contribution in [1.82, 2.24) is 0 Å². The van der Waals surface area contributed by atoms with Crippen LogP contribution in [-0.4, -0.2) is 18.9 Å². The Bertz CT molecular complexity index is 188. The number of nitrogens with two attached hydrogens (primary N) is 1. The minimum Gasteiger partial charge on any atom is -0.383 e. The van der Waals surface area contributed by atoms with Crippen molar-refractivity contribution in [2.45, 2.75) is 26.7 Å². The summed E-state index contributed by atoms with van der Waals surface area (Å²) < 4.78 is 0. The third kappa shape index (κ3) is 7.10. The fraction of sp³-hybridized carbons (Fsp3) is 0.667. The van der Waals surface area contributed by atoms with E-state index in [-0.39, 0.29) is 0 Å². The third-order valence-electron chi connectivity index (χ3n) is 1.15. The first-order chi connectivity index (χ1) is 5.81. The zero-order valence-electron chi connectivity index (χ0n) is 7.76. The second kappa shape index (κ2) is 8.09. The highest BCUT2D eigenvalue weighted by molar-refractivity contribution is 5.83. The van der Waals surface area contributed by atoms with Gasteiger partial charge in [0.05, 0.1) is 5.71 Å². The Morgan fingerprint density at radius 1 is 1.50 bits per heavy atom. The van der Waals surface area contributed by atoms with E-state index >= 15 is 0 Å². The van der Waals surface area contributed by atoms with Gasteiger partial charge in [-0.2, -0.15) is 0 Å². The lowest BCUT2D eigenvalue weighted by Gasteiger charge is -1.93. The van der Waals surface area contributed by atoms with Gasteiger partial charge in [-0.25, -0.2) is 0 Å². The lowest BCUT2D eigenvalue weighted by molar-refractivity contribution is 0.179. The molecule has 0 rings (SSSR count). The number of hydrogen-bond acceptors (Lipinski definition) is 3. The normalized spacial score (nSPS) is 10.4. The van der Waals surface area contributed by atoms with E-state index in [1.807, 2.05) is 6.92 Å². The van der Waals surface area contributed by atoms with Crippen molar-refractivity contribution in [2.75, 3.05) is 13.2 Å². The molecule has 0 bridgehead atoms. The fourth-order valence-electron chi connectivity index (χ4n) is 0.476. The van der Waals surface area contributed by atoms with Crippen molar-refractivity contribution in [3.8, 4) is 11.8 Å². The van der Waals surface area contributed by atoms with Gasteiger partial charge in [-0.1, -0.05) is 23.9 Å². The van der Waals surface area contributed by atoms with Gasteiger partial charge in [0.15, 0.2) is 6.61 Å². The van der Waals surface area contributed by atoms with Gasteiger partial charge >= 0.3 is 0 Å². The molecule has 0 aliphatic carbocycles. The van der Waals surface area contributed by atoms with Crippen molar-refractivity contribution in [2.24, 2.45) is 10.9 Å². The van der Waals surface area contributed by atoms with Crippen LogP contribution in [0.4, 0.5) is 0 Å². The summed E-state index contributed by atoms with van der Waals surface area (Å²) in [5.41, 5.74) is 6.07. The standard InChI is InChI=1S/C9H16N2O/c1-3-4-5-6-7-12-11-9(2)8-10/h3-4,7-8,10H2,1-2H3/b11-9+. The van der Waals surface area contributed by atoms with Crippen LogP contribution in [0.1, 0.15) is 26.7 Å². The maximum absolute atomic E-state index is 5.29. The van der Waals surface area contributed by atoms with Crippen LogP contribution in [0, 0.1) is 11.8 Å². The Kier molecular flexibility index (Phi) is 7.41. The van der Waals surface area contributed by atoms with Gasteiger partial charge in [-0.3, -0.25) is 0 Å². The molecule has 0 aromatic carbocycles. The molecule has 0 unspecified atom stereocenters. The first-order valence-electron chi connectivity index (χ1n) is 4.12. The smallest absolute Gasteiger partial charge is 0.177 e. The molecule has 2 N–H and O–H groups in total. The first kappa shape index (κ1) is 11.0. The van der Waals surface area contributed by atoms with E-state index < -0.39 is 0 Å². The molecule has 0 aromatic rings. The van der Waals surface area contributed by atoms with E-state index in [4.69, 9.17) is 10.6 Å². The van der Waals surface area contributed by atoms with Crippen molar-refractivity contribution in [3.63, 3.8) is 0 Å².